The summed E-state index contributed by atoms with van der Waals surface area (Å²) >= 11 is 1.57. The van der Waals surface area contributed by atoms with Gasteiger partial charge in [0.25, 0.3) is 5.56 Å². The summed E-state index contributed by atoms with van der Waals surface area (Å²) in [6, 6.07) is 8.23. The Morgan fingerprint density at radius 1 is 1.21 bits per heavy atom. The standard InChI is InChI=1S/C22H26N2O3S/c1-13(2)20-23-21-19(22(26)24(20)12-6-7-17(25)27-5)18(15(4)28-21)16-10-8-14(3)9-11-16/h8-11,13H,6-7,12H2,1-5H3. The molecule has 148 valence electrons. The molecule has 2 heterocycles. The molecule has 3 aromatic rings. The van der Waals surface area contributed by atoms with Crippen LogP contribution in [0.2, 0.25) is 0 Å². The van der Waals surface area contributed by atoms with Crippen molar-refractivity contribution in [3.63, 3.8) is 0 Å². The largest absolute Gasteiger partial charge is 0.469 e. The molecular weight excluding hydrogens is 372 g/mol. The summed E-state index contributed by atoms with van der Waals surface area (Å²) < 4.78 is 6.45. The van der Waals surface area contributed by atoms with Gasteiger partial charge < -0.3 is 4.74 Å². The first kappa shape index (κ1) is 20.3. The van der Waals surface area contributed by atoms with Crippen LogP contribution in [0.15, 0.2) is 29.1 Å². The molecule has 1 aromatic carbocycles. The van der Waals surface area contributed by atoms with E-state index in [1.54, 1.807) is 15.9 Å². The summed E-state index contributed by atoms with van der Waals surface area (Å²) in [6.45, 7) is 8.61. The Kier molecular flexibility index (Phi) is 5.98. The maximum Gasteiger partial charge on any atom is 0.305 e. The fourth-order valence-electron chi connectivity index (χ4n) is 3.42. The van der Waals surface area contributed by atoms with E-state index in [1.807, 2.05) is 27.7 Å². The Labute approximate surface area is 169 Å². The molecule has 2 aromatic heterocycles. The maximum atomic E-state index is 13.5. The van der Waals surface area contributed by atoms with Gasteiger partial charge >= 0.3 is 5.97 Å². The van der Waals surface area contributed by atoms with Crippen molar-refractivity contribution >= 4 is 27.5 Å². The third-order valence-electron chi connectivity index (χ3n) is 4.86. The molecule has 0 aliphatic carbocycles. The number of carbonyl (C=O) groups excluding carboxylic acids is 1. The second-order valence-corrected chi connectivity index (χ2v) is 8.54. The van der Waals surface area contributed by atoms with Gasteiger partial charge in [0.05, 0.1) is 12.5 Å². The monoisotopic (exact) mass is 398 g/mol. The summed E-state index contributed by atoms with van der Waals surface area (Å²) in [6.07, 6.45) is 0.828. The van der Waals surface area contributed by atoms with Crippen molar-refractivity contribution in [2.45, 2.75) is 53.0 Å². The first-order valence-electron chi connectivity index (χ1n) is 9.51. The number of benzene rings is 1. The molecule has 0 spiro atoms. The smallest absolute Gasteiger partial charge is 0.305 e. The fraction of sp³-hybridized carbons (Fsp3) is 0.409. The van der Waals surface area contributed by atoms with E-state index in [-0.39, 0.29) is 23.9 Å². The second kappa shape index (κ2) is 8.27. The molecule has 0 unspecified atom stereocenters. The SMILES string of the molecule is COC(=O)CCCn1c(C(C)C)nc2sc(C)c(-c3ccc(C)cc3)c2c1=O. The number of aromatic nitrogens is 2. The van der Waals surface area contributed by atoms with Crippen LogP contribution in [0.4, 0.5) is 0 Å². The topological polar surface area (TPSA) is 61.2 Å². The first-order chi connectivity index (χ1) is 13.3. The Bertz CT molecular complexity index is 1060. The number of ether oxygens (including phenoxy) is 1. The number of esters is 1. The minimum absolute atomic E-state index is 0.0292. The second-order valence-electron chi connectivity index (χ2n) is 7.34. The van der Waals surface area contributed by atoms with Crippen LogP contribution in [0, 0.1) is 13.8 Å². The number of rotatable bonds is 6. The molecule has 0 fully saturated rings. The van der Waals surface area contributed by atoms with Crippen molar-refractivity contribution < 1.29 is 9.53 Å². The van der Waals surface area contributed by atoms with E-state index < -0.39 is 0 Å². The van der Waals surface area contributed by atoms with E-state index >= 15 is 0 Å². The average Bonchev–Trinajstić information content (AvgIpc) is 3.00. The number of hydrogen-bond donors (Lipinski definition) is 0. The van der Waals surface area contributed by atoms with E-state index in [2.05, 4.69) is 24.3 Å². The molecule has 0 aliphatic rings. The lowest BCUT2D eigenvalue weighted by atomic mass is 10.0. The number of thiophene rings is 1. The van der Waals surface area contributed by atoms with Gasteiger partial charge in [0, 0.05) is 29.3 Å². The molecule has 28 heavy (non-hydrogen) atoms. The summed E-state index contributed by atoms with van der Waals surface area (Å²) in [4.78, 5) is 31.7. The molecule has 0 radical (unpaired) electrons. The van der Waals surface area contributed by atoms with Crippen molar-refractivity contribution in [3.8, 4) is 11.1 Å². The summed E-state index contributed by atoms with van der Waals surface area (Å²) in [5.74, 6) is 0.611. The lowest BCUT2D eigenvalue weighted by Crippen LogP contribution is -2.26. The number of aryl methyl sites for hydroxylation is 2. The molecule has 5 nitrogen and oxygen atoms in total. The number of nitrogens with zero attached hydrogens (tertiary/aromatic N) is 2. The maximum absolute atomic E-state index is 13.5. The number of fused-ring (bicyclic) bond motifs is 1. The van der Waals surface area contributed by atoms with E-state index in [0.717, 1.165) is 26.7 Å². The summed E-state index contributed by atoms with van der Waals surface area (Å²) in [5, 5.41) is 0.675. The quantitative estimate of drug-likeness (QED) is 0.559. The molecular formula is C22H26N2O3S. The predicted octanol–water partition coefficient (Wildman–Crippen LogP) is 4.82. The fourth-order valence-corrected chi connectivity index (χ4v) is 4.46. The van der Waals surface area contributed by atoms with Crippen molar-refractivity contribution in [1.29, 1.82) is 0 Å². The van der Waals surface area contributed by atoms with E-state index in [4.69, 9.17) is 9.72 Å². The highest BCUT2D eigenvalue weighted by molar-refractivity contribution is 7.19. The summed E-state index contributed by atoms with van der Waals surface area (Å²) in [5.41, 5.74) is 3.15. The van der Waals surface area contributed by atoms with Gasteiger partial charge in [-0.2, -0.15) is 0 Å². The Morgan fingerprint density at radius 3 is 2.50 bits per heavy atom. The number of methoxy groups -OCH3 is 1. The van der Waals surface area contributed by atoms with Gasteiger partial charge in [0.1, 0.15) is 10.7 Å². The highest BCUT2D eigenvalue weighted by Crippen LogP contribution is 2.36. The molecule has 0 saturated carbocycles. The van der Waals surface area contributed by atoms with E-state index in [1.165, 1.54) is 12.7 Å². The predicted molar refractivity (Wildman–Crippen MR) is 114 cm³/mol. The first-order valence-corrected chi connectivity index (χ1v) is 10.3. The van der Waals surface area contributed by atoms with Crippen LogP contribution < -0.4 is 5.56 Å². The Balaban J connectivity index is 2.16. The third kappa shape index (κ3) is 3.87. The number of carbonyl (C=O) groups is 1. The van der Waals surface area contributed by atoms with Crippen LogP contribution in [-0.4, -0.2) is 22.6 Å². The minimum atomic E-state index is -0.264. The van der Waals surface area contributed by atoms with Crippen LogP contribution >= 0.6 is 11.3 Å². The Hall–Kier alpha value is -2.47. The van der Waals surface area contributed by atoms with Crippen molar-refractivity contribution in [2.75, 3.05) is 7.11 Å². The van der Waals surface area contributed by atoms with Gasteiger partial charge in [-0.3, -0.25) is 14.2 Å². The molecule has 3 rings (SSSR count). The third-order valence-corrected chi connectivity index (χ3v) is 5.86. The van der Waals surface area contributed by atoms with Crippen molar-refractivity contribution in [1.82, 2.24) is 9.55 Å². The zero-order valence-corrected chi connectivity index (χ0v) is 17.9. The molecule has 0 saturated heterocycles. The van der Waals surface area contributed by atoms with Gasteiger partial charge in [-0.1, -0.05) is 43.7 Å². The summed E-state index contributed by atoms with van der Waals surface area (Å²) in [7, 11) is 1.38. The van der Waals surface area contributed by atoms with Crippen LogP contribution in [-0.2, 0) is 16.1 Å². The molecule has 0 aliphatic heterocycles. The van der Waals surface area contributed by atoms with Crippen LogP contribution in [0.1, 0.15) is 48.9 Å². The zero-order valence-electron chi connectivity index (χ0n) is 17.0. The van der Waals surface area contributed by atoms with Crippen molar-refractivity contribution in [2.24, 2.45) is 0 Å². The van der Waals surface area contributed by atoms with Gasteiger partial charge in [-0.25, -0.2) is 4.98 Å². The van der Waals surface area contributed by atoms with Crippen molar-refractivity contribution in [3.05, 3.63) is 50.9 Å². The van der Waals surface area contributed by atoms with Gasteiger partial charge in [-0.15, -0.1) is 11.3 Å². The minimum Gasteiger partial charge on any atom is -0.469 e. The van der Waals surface area contributed by atoms with Gasteiger partial charge in [0.2, 0.25) is 0 Å². The molecule has 0 bridgehead atoms. The lowest BCUT2D eigenvalue weighted by molar-refractivity contribution is -0.140. The average molecular weight is 399 g/mol. The van der Waals surface area contributed by atoms with E-state index in [0.29, 0.717) is 18.4 Å². The van der Waals surface area contributed by atoms with Crippen LogP contribution in [0.3, 0.4) is 0 Å². The van der Waals surface area contributed by atoms with Crippen LogP contribution in [0.25, 0.3) is 21.3 Å². The normalized spacial score (nSPS) is 11.4. The Morgan fingerprint density at radius 2 is 1.89 bits per heavy atom. The van der Waals surface area contributed by atoms with Gasteiger partial charge in [-0.05, 0) is 25.8 Å². The van der Waals surface area contributed by atoms with Crippen LogP contribution in [0.5, 0.6) is 0 Å². The molecule has 6 heteroatoms. The highest BCUT2D eigenvalue weighted by Gasteiger charge is 2.21. The molecule has 0 atom stereocenters. The van der Waals surface area contributed by atoms with Gasteiger partial charge in [0.15, 0.2) is 0 Å². The molecule has 0 amide bonds. The lowest BCUT2D eigenvalue weighted by Gasteiger charge is -2.15. The number of hydrogen-bond acceptors (Lipinski definition) is 5. The highest BCUT2D eigenvalue weighted by atomic mass is 32.1. The zero-order chi connectivity index (χ0) is 20.4. The van der Waals surface area contributed by atoms with E-state index in [9.17, 15) is 9.59 Å². The molecule has 0 N–H and O–H groups in total.